The number of nitrogens with zero attached hydrogens (tertiary/aromatic N) is 1. The van der Waals surface area contributed by atoms with Crippen molar-refractivity contribution in [3.8, 4) is 0 Å². The Kier molecular flexibility index (Phi) is 3.76. The van der Waals surface area contributed by atoms with Gasteiger partial charge in [0, 0.05) is 35.5 Å². The normalized spacial score (nSPS) is 15.2. The highest BCUT2D eigenvalue weighted by molar-refractivity contribution is 5.95. The van der Waals surface area contributed by atoms with Gasteiger partial charge in [-0.25, -0.2) is 4.79 Å². The summed E-state index contributed by atoms with van der Waals surface area (Å²) in [5.74, 6) is -0.600. The second-order valence-electron chi connectivity index (χ2n) is 6.32. The van der Waals surface area contributed by atoms with E-state index in [1.165, 1.54) is 0 Å². The van der Waals surface area contributed by atoms with Gasteiger partial charge in [-0.05, 0) is 24.5 Å². The summed E-state index contributed by atoms with van der Waals surface area (Å²) in [6, 6.07) is 8.18. The maximum absolute atomic E-state index is 12.3. The van der Waals surface area contributed by atoms with Crippen LogP contribution in [0.25, 0.3) is 10.9 Å². The number of hydrogen-bond donors (Lipinski definition) is 3. The molecule has 25 heavy (non-hydrogen) atoms. The molecule has 1 fully saturated rings. The molecule has 4 rings (SSSR count). The molecule has 1 amide bonds. The Balaban J connectivity index is 1.50. The van der Waals surface area contributed by atoms with E-state index in [4.69, 9.17) is 4.52 Å². The lowest BCUT2D eigenvalue weighted by Gasteiger charge is -2.13. The van der Waals surface area contributed by atoms with Crippen molar-refractivity contribution in [1.29, 1.82) is 0 Å². The van der Waals surface area contributed by atoms with Crippen LogP contribution < -0.4 is 5.32 Å². The lowest BCUT2D eigenvalue weighted by Crippen LogP contribution is -2.42. The molecule has 7 nitrogen and oxygen atoms in total. The number of aliphatic carboxylic acids is 1. The standard InChI is InChI=1S/C18H17N3O4/c22-17(14-8-16(25-21-14)10-5-6-10)20-15(18(23)24)7-11-9-19-13-4-2-1-3-12(11)13/h1-4,8-10,15,19H,5-7H2,(H,20,22)(H,23,24)/t15-/m1/s1. The van der Waals surface area contributed by atoms with Gasteiger partial charge in [-0.3, -0.25) is 4.79 Å². The quantitative estimate of drug-likeness (QED) is 0.639. The molecule has 0 unspecified atom stereocenters. The average molecular weight is 339 g/mol. The highest BCUT2D eigenvalue weighted by Crippen LogP contribution is 2.40. The van der Waals surface area contributed by atoms with Crippen LogP contribution in [0.4, 0.5) is 0 Å². The zero-order valence-electron chi connectivity index (χ0n) is 13.4. The number of para-hydroxylation sites is 1. The molecule has 1 saturated carbocycles. The predicted octanol–water partition coefficient (Wildman–Crippen LogP) is 2.46. The Morgan fingerprint density at radius 2 is 2.16 bits per heavy atom. The van der Waals surface area contributed by atoms with Crippen molar-refractivity contribution in [3.63, 3.8) is 0 Å². The Morgan fingerprint density at radius 1 is 1.36 bits per heavy atom. The smallest absolute Gasteiger partial charge is 0.326 e. The van der Waals surface area contributed by atoms with Crippen LogP contribution in [0.15, 0.2) is 41.1 Å². The Labute approximate surface area is 143 Å². The number of carbonyl (C=O) groups is 2. The molecule has 1 aliphatic rings. The van der Waals surface area contributed by atoms with E-state index >= 15 is 0 Å². The number of rotatable bonds is 6. The topological polar surface area (TPSA) is 108 Å². The Bertz CT molecular complexity index is 939. The van der Waals surface area contributed by atoms with Crippen molar-refractivity contribution in [3.05, 3.63) is 53.5 Å². The van der Waals surface area contributed by atoms with Crippen LogP contribution >= 0.6 is 0 Å². The molecule has 128 valence electrons. The number of fused-ring (bicyclic) bond motifs is 1. The van der Waals surface area contributed by atoms with Crippen LogP contribution in [0.2, 0.25) is 0 Å². The molecule has 0 saturated heterocycles. The molecule has 2 aromatic heterocycles. The van der Waals surface area contributed by atoms with Crippen molar-refractivity contribution in [2.75, 3.05) is 0 Å². The van der Waals surface area contributed by atoms with Gasteiger partial charge in [0.2, 0.25) is 0 Å². The number of aromatic nitrogens is 2. The molecule has 2 heterocycles. The second-order valence-corrected chi connectivity index (χ2v) is 6.32. The number of aromatic amines is 1. The fourth-order valence-corrected chi connectivity index (χ4v) is 2.91. The van der Waals surface area contributed by atoms with Crippen molar-refractivity contribution >= 4 is 22.8 Å². The molecule has 1 aliphatic carbocycles. The SMILES string of the molecule is O=C(N[C@H](Cc1c[nH]c2ccccc12)C(=O)O)c1cc(C2CC2)on1. The first-order chi connectivity index (χ1) is 12.1. The first-order valence-corrected chi connectivity index (χ1v) is 8.17. The van der Waals surface area contributed by atoms with Gasteiger partial charge in [-0.1, -0.05) is 23.4 Å². The number of benzene rings is 1. The first kappa shape index (κ1) is 15.4. The van der Waals surface area contributed by atoms with Gasteiger partial charge in [0.25, 0.3) is 5.91 Å². The number of nitrogens with one attached hydrogen (secondary N) is 2. The number of amides is 1. The largest absolute Gasteiger partial charge is 0.480 e. The number of carboxylic acids is 1. The minimum atomic E-state index is -1.09. The van der Waals surface area contributed by atoms with Gasteiger partial charge in [-0.2, -0.15) is 0 Å². The summed E-state index contributed by atoms with van der Waals surface area (Å²) in [7, 11) is 0. The van der Waals surface area contributed by atoms with E-state index in [0.717, 1.165) is 29.3 Å². The van der Waals surface area contributed by atoms with E-state index in [9.17, 15) is 14.7 Å². The number of carbonyl (C=O) groups excluding carboxylic acids is 1. The first-order valence-electron chi connectivity index (χ1n) is 8.17. The summed E-state index contributed by atoms with van der Waals surface area (Å²) >= 11 is 0. The lowest BCUT2D eigenvalue weighted by atomic mass is 10.0. The molecular weight excluding hydrogens is 322 g/mol. The van der Waals surface area contributed by atoms with Crippen LogP contribution in [0, 0.1) is 0 Å². The van der Waals surface area contributed by atoms with E-state index in [1.807, 2.05) is 24.3 Å². The monoisotopic (exact) mass is 339 g/mol. The number of carboxylic acid groups (broad SMARTS) is 1. The maximum atomic E-state index is 12.3. The van der Waals surface area contributed by atoms with Gasteiger partial charge in [-0.15, -0.1) is 0 Å². The summed E-state index contributed by atoms with van der Waals surface area (Å²) in [5.41, 5.74) is 1.88. The maximum Gasteiger partial charge on any atom is 0.326 e. The minimum Gasteiger partial charge on any atom is -0.480 e. The van der Waals surface area contributed by atoms with Crippen LogP contribution in [0.1, 0.15) is 40.6 Å². The zero-order chi connectivity index (χ0) is 17.4. The van der Waals surface area contributed by atoms with E-state index in [-0.39, 0.29) is 12.1 Å². The summed E-state index contributed by atoms with van der Waals surface area (Å²) < 4.78 is 5.15. The van der Waals surface area contributed by atoms with Crippen molar-refractivity contribution < 1.29 is 19.2 Å². The second kappa shape index (κ2) is 6.08. The van der Waals surface area contributed by atoms with Crippen molar-refractivity contribution in [2.24, 2.45) is 0 Å². The van der Waals surface area contributed by atoms with Crippen LogP contribution in [-0.2, 0) is 11.2 Å². The third-order valence-corrected chi connectivity index (χ3v) is 4.44. The average Bonchev–Trinajstić information content (AvgIpc) is 3.19. The van der Waals surface area contributed by atoms with Gasteiger partial charge in [0.1, 0.15) is 11.8 Å². The van der Waals surface area contributed by atoms with E-state index < -0.39 is 17.9 Å². The molecule has 7 heteroatoms. The molecule has 0 spiro atoms. The fraction of sp³-hybridized carbons (Fsp3) is 0.278. The lowest BCUT2D eigenvalue weighted by molar-refractivity contribution is -0.139. The predicted molar refractivity (Wildman–Crippen MR) is 89.4 cm³/mol. The number of H-pyrrole nitrogens is 1. The van der Waals surface area contributed by atoms with Crippen LogP contribution in [0.3, 0.4) is 0 Å². The molecule has 0 aliphatic heterocycles. The molecule has 3 N–H and O–H groups in total. The fourth-order valence-electron chi connectivity index (χ4n) is 2.91. The van der Waals surface area contributed by atoms with E-state index in [2.05, 4.69) is 15.5 Å². The van der Waals surface area contributed by atoms with Crippen LogP contribution in [-0.4, -0.2) is 33.2 Å². The molecular formula is C18H17N3O4. The molecule has 1 atom stereocenters. The summed E-state index contributed by atoms with van der Waals surface area (Å²) in [5, 5.41) is 16.7. The van der Waals surface area contributed by atoms with Crippen molar-refractivity contribution in [1.82, 2.24) is 15.5 Å². The Morgan fingerprint density at radius 3 is 2.92 bits per heavy atom. The summed E-state index contributed by atoms with van der Waals surface area (Å²) in [4.78, 5) is 27.0. The van der Waals surface area contributed by atoms with Gasteiger partial charge >= 0.3 is 5.97 Å². The summed E-state index contributed by atoms with van der Waals surface area (Å²) in [6.07, 6.45) is 4.02. The van der Waals surface area contributed by atoms with Crippen molar-refractivity contribution in [2.45, 2.75) is 31.2 Å². The van der Waals surface area contributed by atoms with E-state index in [0.29, 0.717) is 11.7 Å². The third kappa shape index (κ3) is 3.13. The van der Waals surface area contributed by atoms with E-state index in [1.54, 1.807) is 12.3 Å². The van der Waals surface area contributed by atoms with Gasteiger partial charge in [0.05, 0.1) is 0 Å². The van der Waals surface area contributed by atoms with Gasteiger partial charge in [0.15, 0.2) is 5.69 Å². The molecule has 1 aromatic carbocycles. The minimum absolute atomic E-state index is 0.118. The highest BCUT2D eigenvalue weighted by atomic mass is 16.5. The number of hydrogen-bond acceptors (Lipinski definition) is 4. The van der Waals surface area contributed by atoms with Crippen LogP contribution in [0.5, 0.6) is 0 Å². The highest BCUT2D eigenvalue weighted by Gasteiger charge is 2.30. The molecule has 3 aromatic rings. The zero-order valence-corrected chi connectivity index (χ0v) is 13.4. The molecule has 0 bridgehead atoms. The molecule has 0 radical (unpaired) electrons. The third-order valence-electron chi connectivity index (χ3n) is 4.44. The van der Waals surface area contributed by atoms with Gasteiger partial charge < -0.3 is 19.9 Å². The summed E-state index contributed by atoms with van der Waals surface area (Å²) in [6.45, 7) is 0. The Hall–Kier alpha value is -3.09.